The molecule has 0 saturated heterocycles. The monoisotopic (exact) mass is 667 g/mol. The van der Waals surface area contributed by atoms with Gasteiger partial charge in [-0.15, -0.1) is 0 Å². The summed E-state index contributed by atoms with van der Waals surface area (Å²) in [5.41, 5.74) is 12.6. The first kappa shape index (κ1) is 31.2. The van der Waals surface area contributed by atoms with E-state index in [1.165, 1.54) is 0 Å². The van der Waals surface area contributed by atoms with Gasteiger partial charge in [0.2, 0.25) is 0 Å². The summed E-state index contributed by atoms with van der Waals surface area (Å²) in [6.07, 6.45) is 0. The molecule has 2 heterocycles. The molecule has 0 N–H and O–H groups in total. The molecule has 1 aliphatic rings. The molecule has 1 aromatic heterocycles. The van der Waals surface area contributed by atoms with Crippen molar-refractivity contribution >= 4 is 10.9 Å². The number of para-hydroxylation sites is 2. The maximum absolute atomic E-state index is 9.89. The Hall–Kier alpha value is -6.83. The van der Waals surface area contributed by atoms with Crippen LogP contribution >= 0.6 is 0 Å². The van der Waals surface area contributed by atoms with Crippen LogP contribution in [0, 0.1) is 11.3 Å². The Kier molecular flexibility index (Phi) is 7.49. The maximum Gasteiger partial charge on any atom is 0.161 e. The molecule has 52 heavy (non-hydrogen) atoms. The number of hydrogen-bond acceptors (Lipinski definition) is 4. The normalized spacial score (nSPS) is 12.7. The van der Waals surface area contributed by atoms with Crippen LogP contribution in [-0.4, -0.2) is 9.97 Å². The Morgan fingerprint density at radius 1 is 0.538 bits per heavy atom. The zero-order valence-corrected chi connectivity index (χ0v) is 28.8. The second kappa shape index (κ2) is 12.5. The molecule has 4 nitrogen and oxygen atoms in total. The molecule has 7 aromatic carbocycles. The first-order valence-corrected chi connectivity index (χ1v) is 17.5. The number of rotatable bonds is 5. The van der Waals surface area contributed by atoms with Gasteiger partial charge < -0.3 is 4.74 Å². The molecule has 0 amide bonds. The number of ether oxygens (including phenoxy) is 1. The van der Waals surface area contributed by atoms with Crippen molar-refractivity contribution in [3.8, 4) is 73.6 Å². The fourth-order valence-electron chi connectivity index (χ4n) is 7.72. The fraction of sp³-hybridized carbons (Fsp3) is 0.0625. The molecule has 0 aliphatic carbocycles. The summed E-state index contributed by atoms with van der Waals surface area (Å²) in [7, 11) is 0. The Balaban J connectivity index is 1.22. The molecular formula is C48H33N3O. The second-order valence-electron chi connectivity index (χ2n) is 13.7. The SMILES string of the molecule is CC1(C)c2cccc(C#N)c2Oc2cccc(-c3ccccc3-c3ccccc3-c3nc(-c4cccc(-c5ccccc5)c4)c4ccccc4n3)c21. The lowest BCUT2D eigenvalue weighted by Crippen LogP contribution is -2.25. The van der Waals surface area contributed by atoms with E-state index >= 15 is 0 Å². The minimum atomic E-state index is -0.427. The van der Waals surface area contributed by atoms with Crippen molar-refractivity contribution < 1.29 is 4.74 Å². The number of benzene rings is 7. The van der Waals surface area contributed by atoms with Crippen LogP contribution in [0.5, 0.6) is 11.5 Å². The van der Waals surface area contributed by atoms with Gasteiger partial charge >= 0.3 is 0 Å². The summed E-state index contributed by atoms with van der Waals surface area (Å²) >= 11 is 0. The highest BCUT2D eigenvalue weighted by Crippen LogP contribution is 2.53. The van der Waals surface area contributed by atoms with Crippen molar-refractivity contribution in [2.24, 2.45) is 0 Å². The van der Waals surface area contributed by atoms with Gasteiger partial charge in [-0.2, -0.15) is 5.26 Å². The molecule has 0 fully saturated rings. The minimum Gasteiger partial charge on any atom is -0.455 e. The topological polar surface area (TPSA) is 58.8 Å². The number of fused-ring (bicyclic) bond motifs is 3. The fourth-order valence-corrected chi connectivity index (χ4v) is 7.72. The van der Waals surface area contributed by atoms with E-state index < -0.39 is 5.41 Å². The van der Waals surface area contributed by atoms with E-state index in [0.29, 0.717) is 17.1 Å². The highest BCUT2D eigenvalue weighted by molar-refractivity contribution is 5.97. The van der Waals surface area contributed by atoms with Crippen molar-refractivity contribution in [3.63, 3.8) is 0 Å². The zero-order chi connectivity index (χ0) is 35.2. The Bertz CT molecular complexity index is 2710. The molecule has 0 atom stereocenters. The summed E-state index contributed by atoms with van der Waals surface area (Å²) in [4.78, 5) is 10.5. The molecule has 0 unspecified atom stereocenters. The van der Waals surface area contributed by atoms with Crippen molar-refractivity contribution in [1.82, 2.24) is 9.97 Å². The summed E-state index contributed by atoms with van der Waals surface area (Å²) < 4.78 is 6.53. The maximum atomic E-state index is 9.89. The van der Waals surface area contributed by atoms with E-state index in [0.717, 1.165) is 78.0 Å². The van der Waals surface area contributed by atoms with Gasteiger partial charge in [0.15, 0.2) is 5.82 Å². The van der Waals surface area contributed by atoms with Crippen LogP contribution < -0.4 is 4.74 Å². The molecule has 1 aliphatic heterocycles. The van der Waals surface area contributed by atoms with Crippen LogP contribution in [0.25, 0.3) is 66.9 Å². The van der Waals surface area contributed by atoms with Gasteiger partial charge in [-0.3, -0.25) is 0 Å². The molecule has 4 heteroatoms. The lowest BCUT2D eigenvalue weighted by Gasteiger charge is -2.36. The average Bonchev–Trinajstić information content (AvgIpc) is 3.20. The van der Waals surface area contributed by atoms with E-state index in [2.05, 4.69) is 141 Å². The van der Waals surface area contributed by atoms with Crippen molar-refractivity contribution in [3.05, 3.63) is 180 Å². The van der Waals surface area contributed by atoms with Crippen LogP contribution in [0.4, 0.5) is 0 Å². The van der Waals surface area contributed by atoms with Crippen LogP contribution in [0.3, 0.4) is 0 Å². The minimum absolute atomic E-state index is 0.427. The highest BCUT2D eigenvalue weighted by Gasteiger charge is 2.38. The molecular weight excluding hydrogens is 635 g/mol. The highest BCUT2D eigenvalue weighted by atomic mass is 16.5. The van der Waals surface area contributed by atoms with Gasteiger partial charge in [0.05, 0.1) is 16.8 Å². The van der Waals surface area contributed by atoms with Gasteiger partial charge in [0, 0.05) is 33.1 Å². The predicted molar refractivity (Wildman–Crippen MR) is 210 cm³/mol. The molecule has 0 radical (unpaired) electrons. The molecule has 0 spiro atoms. The van der Waals surface area contributed by atoms with Crippen molar-refractivity contribution in [2.75, 3.05) is 0 Å². The van der Waals surface area contributed by atoms with E-state index in [4.69, 9.17) is 14.7 Å². The zero-order valence-electron chi connectivity index (χ0n) is 28.8. The van der Waals surface area contributed by atoms with Crippen LogP contribution in [-0.2, 0) is 5.41 Å². The van der Waals surface area contributed by atoms with E-state index in [9.17, 15) is 5.26 Å². The van der Waals surface area contributed by atoms with Gasteiger partial charge in [-0.05, 0) is 57.6 Å². The summed E-state index contributed by atoms with van der Waals surface area (Å²) in [6.45, 7) is 4.43. The van der Waals surface area contributed by atoms with E-state index in [-0.39, 0.29) is 0 Å². The smallest absolute Gasteiger partial charge is 0.161 e. The largest absolute Gasteiger partial charge is 0.455 e. The van der Waals surface area contributed by atoms with Gasteiger partial charge in [-0.25, -0.2) is 9.97 Å². The van der Waals surface area contributed by atoms with E-state index in [1.807, 2.05) is 42.5 Å². The average molecular weight is 668 g/mol. The first-order valence-electron chi connectivity index (χ1n) is 17.5. The Morgan fingerprint density at radius 3 is 1.92 bits per heavy atom. The van der Waals surface area contributed by atoms with Crippen LogP contribution in [0.1, 0.15) is 30.5 Å². The molecule has 0 saturated carbocycles. The quantitative estimate of drug-likeness (QED) is 0.183. The first-order chi connectivity index (χ1) is 25.5. The number of nitrogens with zero attached hydrogens (tertiary/aromatic N) is 3. The van der Waals surface area contributed by atoms with Gasteiger partial charge in [0.25, 0.3) is 0 Å². The molecule has 0 bridgehead atoms. The summed E-state index contributed by atoms with van der Waals surface area (Å²) in [5, 5.41) is 10.9. The van der Waals surface area contributed by atoms with Gasteiger partial charge in [0.1, 0.15) is 17.6 Å². The standard InChI is InChI=1S/C48H33N3O/c1-48(2)41-26-13-19-34(30-49)46(41)52-43-28-14-25-38(44(43)48)36-21-7-6-20-35(36)37-22-8-9-23-39(37)47-50-42-27-11-10-24-40(42)45(51-47)33-18-12-17-32(29-33)31-15-4-3-5-16-31/h3-29H,1-2H3. The number of nitriles is 1. The predicted octanol–water partition coefficient (Wildman–Crippen LogP) is 12.3. The third-order valence-corrected chi connectivity index (χ3v) is 10.2. The third-order valence-electron chi connectivity index (χ3n) is 10.2. The summed E-state index contributed by atoms with van der Waals surface area (Å²) in [5.74, 6) is 2.07. The lowest BCUT2D eigenvalue weighted by molar-refractivity contribution is 0.417. The number of aromatic nitrogens is 2. The van der Waals surface area contributed by atoms with Crippen LogP contribution in [0.15, 0.2) is 164 Å². The van der Waals surface area contributed by atoms with Crippen molar-refractivity contribution in [1.29, 1.82) is 5.26 Å². The second-order valence-corrected chi connectivity index (χ2v) is 13.7. The van der Waals surface area contributed by atoms with E-state index in [1.54, 1.807) is 0 Å². The summed E-state index contributed by atoms with van der Waals surface area (Å²) in [6, 6.07) is 58.6. The molecule has 246 valence electrons. The lowest BCUT2D eigenvalue weighted by atomic mass is 9.72. The van der Waals surface area contributed by atoms with Gasteiger partial charge in [-0.1, -0.05) is 153 Å². The number of hydrogen-bond donors (Lipinski definition) is 0. The van der Waals surface area contributed by atoms with Crippen LogP contribution in [0.2, 0.25) is 0 Å². The molecule has 8 aromatic rings. The Labute approximate surface area is 303 Å². The molecule has 9 rings (SSSR count). The van der Waals surface area contributed by atoms with Crippen molar-refractivity contribution in [2.45, 2.75) is 19.3 Å². The third kappa shape index (κ3) is 5.14. The Morgan fingerprint density at radius 2 is 1.13 bits per heavy atom.